The van der Waals surface area contributed by atoms with Gasteiger partial charge < -0.3 is 10.4 Å². The summed E-state index contributed by atoms with van der Waals surface area (Å²) in [6, 6.07) is 12.9. The van der Waals surface area contributed by atoms with Gasteiger partial charge >= 0.3 is 12.1 Å². The van der Waals surface area contributed by atoms with Crippen molar-refractivity contribution in [2.45, 2.75) is 11.1 Å². The second-order valence-electron chi connectivity index (χ2n) is 6.23. The molecule has 0 fully saturated rings. The minimum Gasteiger partial charge on any atom is -0.475 e. The van der Waals surface area contributed by atoms with Gasteiger partial charge in [0.2, 0.25) is 0 Å². The van der Waals surface area contributed by atoms with E-state index < -0.39 is 39.7 Å². The van der Waals surface area contributed by atoms with Gasteiger partial charge in [0.1, 0.15) is 5.82 Å². The van der Waals surface area contributed by atoms with Crippen molar-refractivity contribution in [3.05, 3.63) is 84.1 Å². The largest absolute Gasteiger partial charge is 0.490 e. The SMILES string of the molecule is O=C(Nc1ccc(S(=O)(=O)Nc2ccccn2)cc1)c1ccc(F)c(F)c1.O=C(O)C(F)(F)F. The molecule has 3 aromatic rings. The molecule has 0 atom stereocenters. The molecule has 1 aromatic heterocycles. The zero-order valence-corrected chi connectivity index (χ0v) is 17.5. The van der Waals surface area contributed by atoms with E-state index in [-0.39, 0.29) is 16.3 Å². The van der Waals surface area contributed by atoms with Crippen molar-refractivity contribution in [1.29, 1.82) is 0 Å². The molecular formula is C20H14F5N3O5S. The van der Waals surface area contributed by atoms with Crippen LogP contribution in [0.15, 0.2) is 71.8 Å². The average molecular weight is 503 g/mol. The lowest BCUT2D eigenvalue weighted by atomic mass is 10.2. The highest BCUT2D eigenvalue weighted by Crippen LogP contribution is 2.18. The second-order valence-corrected chi connectivity index (χ2v) is 7.91. The van der Waals surface area contributed by atoms with Crippen molar-refractivity contribution in [3.63, 3.8) is 0 Å². The molecule has 0 aliphatic rings. The van der Waals surface area contributed by atoms with Crippen LogP contribution in [0, 0.1) is 11.6 Å². The molecule has 0 saturated heterocycles. The number of nitrogens with one attached hydrogen (secondary N) is 2. The number of aliphatic carboxylic acids is 1. The maximum absolute atomic E-state index is 13.2. The molecule has 0 aliphatic carbocycles. The molecule has 34 heavy (non-hydrogen) atoms. The quantitative estimate of drug-likeness (QED) is 0.451. The highest BCUT2D eigenvalue weighted by molar-refractivity contribution is 7.92. The lowest BCUT2D eigenvalue weighted by Crippen LogP contribution is -2.21. The molecule has 8 nitrogen and oxygen atoms in total. The second kappa shape index (κ2) is 10.7. The molecule has 14 heteroatoms. The molecule has 0 radical (unpaired) electrons. The fourth-order valence-electron chi connectivity index (χ4n) is 2.18. The van der Waals surface area contributed by atoms with Crippen molar-refractivity contribution >= 4 is 33.4 Å². The summed E-state index contributed by atoms with van der Waals surface area (Å²) in [6.07, 6.45) is -3.63. The summed E-state index contributed by atoms with van der Waals surface area (Å²) in [5.41, 5.74) is 0.226. The summed E-state index contributed by atoms with van der Waals surface area (Å²) in [4.78, 5) is 24.8. The Bertz CT molecular complexity index is 1270. The zero-order valence-electron chi connectivity index (χ0n) is 16.7. The normalized spacial score (nSPS) is 11.1. The van der Waals surface area contributed by atoms with E-state index in [1.165, 1.54) is 36.5 Å². The van der Waals surface area contributed by atoms with Crippen molar-refractivity contribution < 1.29 is 45.1 Å². The molecule has 2 aromatic carbocycles. The van der Waals surface area contributed by atoms with E-state index in [1.807, 2.05) is 0 Å². The Balaban J connectivity index is 0.000000509. The van der Waals surface area contributed by atoms with Gasteiger partial charge in [0.05, 0.1) is 4.90 Å². The molecule has 0 saturated carbocycles. The Morgan fingerprint density at radius 3 is 2.03 bits per heavy atom. The first kappa shape index (κ1) is 26.2. The first-order valence-electron chi connectivity index (χ1n) is 8.90. The number of carbonyl (C=O) groups is 2. The van der Waals surface area contributed by atoms with Crippen LogP contribution >= 0.6 is 0 Å². The number of hydrogen-bond donors (Lipinski definition) is 3. The van der Waals surface area contributed by atoms with Crippen LogP contribution in [0.3, 0.4) is 0 Å². The number of pyridine rings is 1. The highest BCUT2D eigenvalue weighted by Gasteiger charge is 2.38. The van der Waals surface area contributed by atoms with E-state index in [9.17, 15) is 35.2 Å². The molecule has 0 bridgehead atoms. The molecule has 1 heterocycles. The van der Waals surface area contributed by atoms with Gasteiger partial charge in [-0.15, -0.1) is 0 Å². The van der Waals surface area contributed by atoms with E-state index in [1.54, 1.807) is 12.1 Å². The molecule has 3 rings (SSSR count). The average Bonchev–Trinajstić information content (AvgIpc) is 2.76. The summed E-state index contributed by atoms with van der Waals surface area (Å²) < 4.78 is 84.8. The summed E-state index contributed by atoms with van der Waals surface area (Å²) in [5, 5.41) is 9.60. The Hall–Kier alpha value is -4.07. The van der Waals surface area contributed by atoms with Gasteiger partial charge in [-0.1, -0.05) is 6.07 Å². The number of carboxylic acid groups (broad SMARTS) is 1. The summed E-state index contributed by atoms with van der Waals surface area (Å²) >= 11 is 0. The number of halogens is 5. The molecular weight excluding hydrogens is 489 g/mol. The van der Waals surface area contributed by atoms with Gasteiger partial charge in [0, 0.05) is 17.4 Å². The number of aromatic nitrogens is 1. The van der Waals surface area contributed by atoms with Crippen molar-refractivity contribution in [1.82, 2.24) is 4.98 Å². The van der Waals surface area contributed by atoms with E-state index >= 15 is 0 Å². The monoisotopic (exact) mass is 503 g/mol. The fraction of sp³-hybridized carbons (Fsp3) is 0.0500. The Morgan fingerprint density at radius 1 is 0.912 bits per heavy atom. The van der Waals surface area contributed by atoms with Gasteiger partial charge in [-0.25, -0.2) is 27.0 Å². The lowest BCUT2D eigenvalue weighted by molar-refractivity contribution is -0.192. The maximum Gasteiger partial charge on any atom is 0.490 e. The van der Waals surface area contributed by atoms with Crippen LogP contribution in [0.4, 0.5) is 33.5 Å². The number of nitrogens with zero attached hydrogens (tertiary/aromatic N) is 1. The third-order valence-electron chi connectivity index (χ3n) is 3.75. The van der Waals surface area contributed by atoms with Crippen LogP contribution < -0.4 is 10.0 Å². The van der Waals surface area contributed by atoms with Crippen LogP contribution in [-0.2, 0) is 14.8 Å². The fourth-order valence-corrected chi connectivity index (χ4v) is 3.19. The first-order chi connectivity index (χ1) is 15.8. The van der Waals surface area contributed by atoms with Crippen LogP contribution in [0.5, 0.6) is 0 Å². The minimum absolute atomic E-state index is 0.0287. The summed E-state index contributed by atoms with van der Waals surface area (Å²) in [7, 11) is -3.84. The van der Waals surface area contributed by atoms with Crippen LogP contribution in [0.1, 0.15) is 10.4 Å². The number of anilines is 2. The van der Waals surface area contributed by atoms with Crippen LogP contribution in [0.2, 0.25) is 0 Å². The van der Waals surface area contributed by atoms with Crippen LogP contribution in [-0.4, -0.2) is 36.6 Å². The number of hydrogen-bond acceptors (Lipinski definition) is 5. The number of amides is 1. The number of benzene rings is 2. The number of carbonyl (C=O) groups excluding carboxylic acids is 1. The summed E-state index contributed by atoms with van der Waals surface area (Å²) in [6.45, 7) is 0. The van der Waals surface area contributed by atoms with Gasteiger partial charge in [0.15, 0.2) is 11.6 Å². The maximum atomic E-state index is 13.2. The number of carboxylic acids is 1. The smallest absolute Gasteiger partial charge is 0.475 e. The highest BCUT2D eigenvalue weighted by atomic mass is 32.2. The van der Waals surface area contributed by atoms with E-state index in [0.29, 0.717) is 5.69 Å². The number of alkyl halides is 3. The summed E-state index contributed by atoms with van der Waals surface area (Å²) in [5.74, 6) is -5.43. The van der Waals surface area contributed by atoms with E-state index in [2.05, 4.69) is 15.0 Å². The van der Waals surface area contributed by atoms with Gasteiger partial charge in [-0.05, 0) is 54.6 Å². The molecule has 0 spiro atoms. The molecule has 3 N–H and O–H groups in total. The molecule has 180 valence electrons. The predicted molar refractivity (Wildman–Crippen MR) is 109 cm³/mol. The lowest BCUT2D eigenvalue weighted by Gasteiger charge is -2.09. The molecule has 0 unspecified atom stereocenters. The number of sulfonamides is 1. The Labute approximate surface area is 189 Å². The van der Waals surface area contributed by atoms with Gasteiger partial charge in [-0.2, -0.15) is 13.2 Å². The van der Waals surface area contributed by atoms with Gasteiger partial charge in [0.25, 0.3) is 15.9 Å². The molecule has 0 aliphatic heterocycles. The topological polar surface area (TPSA) is 125 Å². The Morgan fingerprint density at radius 2 is 1.53 bits per heavy atom. The van der Waals surface area contributed by atoms with Gasteiger partial charge in [-0.3, -0.25) is 9.52 Å². The standard InChI is InChI=1S/C18H13F2N3O3S.C2HF3O2/c19-15-9-4-12(11-16(15)20)18(24)22-13-5-7-14(8-6-13)27(25,26)23-17-3-1-2-10-21-17;3-2(4,5)1(6)7/h1-11H,(H,21,23)(H,22,24);(H,6,7). The Kier molecular flexibility index (Phi) is 8.24. The van der Waals surface area contributed by atoms with Crippen molar-refractivity contribution in [2.75, 3.05) is 10.0 Å². The first-order valence-corrected chi connectivity index (χ1v) is 10.4. The minimum atomic E-state index is -5.08. The van der Waals surface area contributed by atoms with Crippen LogP contribution in [0.25, 0.3) is 0 Å². The van der Waals surface area contributed by atoms with Crippen molar-refractivity contribution in [2.24, 2.45) is 0 Å². The third kappa shape index (κ3) is 7.51. The number of rotatable bonds is 5. The van der Waals surface area contributed by atoms with E-state index in [4.69, 9.17) is 9.90 Å². The molecule has 1 amide bonds. The zero-order chi connectivity index (χ0) is 25.5. The predicted octanol–water partition coefficient (Wildman–Crippen LogP) is 4.05. The van der Waals surface area contributed by atoms with Crippen molar-refractivity contribution in [3.8, 4) is 0 Å². The third-order valence-corrected chi connectivity index (χ3v) is 5.12. The van der Waals surface area contributed by atoms with E-state index in [0.717, 1.165) is 18.2 Å².